The van der Waals surface area contributed by atoms with Gasteiger partial charge in [0.25, 0.3) is 5.91 Å². The lowest BCUT2D eigenvalue weighted by Gasteiger charge is -2.20. The number of aromatic nitrogens is 1. The summed E-state index contributed by atoms with van der Waals surface area (Å²) in [5.41, 5.74) is 4.66. The third kappa shape index (κ3) is 5.05. The Kier molecular flexibility index (Phi) is 7.12. The molecule has 1 N–H and O–H groups in total. The van der Waals surface area contributed by atoms with Gasteiger partial charge < -0.3 is 9.30 Å². The fourth-order valence-corrected chi connectivity index (χ4v) is 6.61. The second-order valence-electron chi connectivity index (χ2n) is 10.5. The molecule has 7 nitrogen and oxygen atoms in total. The van der Waals surface area contributed by atoms with Gasteiger partial charge in [-0.05, 0) is 74.2 Å². The van der Waals surface area contributed by atoms with Crippen molar-refractivity contribution < 1.29 is 9.53 Å². The average molecular weight is 540 g/mol. The summed E-state index contributed by atoms with van der Waals surface area (Å²) in [4.78, 5) is 17.4. The number of nitrogens with zero attached hydrogens (tertiary/aromatic N) is 4. The summed E-state index contributed by atoms with van der Waals surface area (Å²) in [5, 5.41) is 17.7. The van der Waals surface area contributed by atoms with E-state index in [4.69, 9.17) is 15.2 Å². The summed E-state index contributed by atoms with van der Waals surface area (Å²) in [6, 6.07) is 14.3. The number of aliphatic imine (C=N–C) groups is 1. The molecular weight excluding hydrogens is 506 g/mol. The van der Waals surface area contributed by atoms with Gasteiger partial charge in [0.1, 0.15) is 10.8 Å². The summed E-state index contributed by atoms with van der Waals surface area (Å²) in [5.74, 6) is 1.06. The quantitative estimate of drug-likeness (QED) is 0.261. The van der Waals surface area contributed by atoms with Gasteiger partial charge in [0.15, 0.2) is 5.84 Å². The number of benzene rings is 2. The molecule has 1 fully saturated rings. The molecule has 1 aliphatic carbocycles. The topological polar surface area (TPSA) is 83.0 Å². The monoisotopic (exact) mass is 539 g/mol. The van der Waals surface area contributed by atoms with Crippen LogP contribution in [0.15, 0.2) is 64.3 Å². The van der Waals surface area contributed by atoms with Crippen molar-refractivity contribution in [3.63, 3.8) is 0 Å². The highest BCUT2D eigenvalue weighted by atomic mass is 32.2. The number of carbonyl (C=O) groups excluding carboxylic acids is 1. The molecule has 3 heterocycles. The van der Waals surface area contributed by atoms with Crippen LogP contribution in [0.25, 0.3) is 17.0 Å². The van der Waals surface area contributed by atoms with Gasteiger partial charge in [-0.1, -0.05) is 49.6 Å². The van der Waals surface area contributed by atoms with Crippen molar-refractivity contribution in [3.8, 4) is 5.75 Å². The van der Waals surface area contributed by atoms with E-state index in [0.29, 0.717) is 17.7 Å². The minimum atomic E-state index is -0.377. The third-order valence-corrected chi connectivity index (χ3v) is 8.97. The summed E-state index contributed by atoms with van der Waals surface area (Å²) in [6.07, 6.45) is 10.6. The highest BCUT2D eigenvalue weighted by Gasteiger charge is 2.38. The van der Waals surface area contributed by atoms with Gasteiger partial charge in [0.2, 0.25) is 5.17 Å². The van der Waals surface area contributed by atoms with Crippen molar-refractivity contribution in [2.45, 2.75) is 58.9 Å². The Morgan fingerprint density at radius 1 is 1.10 bits per heavy atom. The predicted octanol–water partition coefficient (Wildman–Crippen LogP) is 6.93. The molecule has 0 unspecified atom stereocenters. The lowest BCUT2D eigenvalue weighted by molar-refractivity contribution is -0.114. The molecule has 1 aromatic heterocycles. The van der Waals surface area contributed by atoms with Crippen LogP contribution in [0.5, 0.6) is 5.75 Å². The number of ether oxygens (including phenoxy) is 1. The van der Waals surface area contributed by atoms with Crippen LogP contribution in [-0.2, 0) is 11.3 Å². The molecule has 200 valence electrons. The molecule has 39 heavy (non-hydrogen) atoms. The predicted molar refractivity (Wildman–Crippen MR) is 160 cm³/mol. The largest absolute Gasteiger partial charge is 0.493 e. The minimum Gasteiger partial charge on any atom is -0.493 e. The molecule has 0 atom stereocenters. The molecule has 0 bridgehead atoms. The second-order valence-corrected chi connectivity index (χ2v) is 11.5. The van der Waals surface area contributed by atoms with Crippen LogP contribution in [0.1, 0.15) is 55.2 Å². The number of hydrogen-bond acceptors (Lipinski definition) is 5. The smallest absolute Gasteiger partial charge is 0.283 e. The zero-order valence-corrected chi connectivity index (χ0v) is 23.3. The molecule has 8 heteroatoms. The second kappa shape index (κ2) is 10.8. The minimum absolute atomic E-state index is 0.0991. The summed E-state index contributed by atoms with van der Waals surface area (Å²) < 4.78 is 8.27. The van der Waals surface area contributed by atoms with Crippen LogP contribution in [0.3, 0.4) is 0 Å². The van der Waals surface area contributed by atoms with Gasteiger partial charge in [-0.3, -0.25) is 10.2 Å². The van der Waals surface area contributed by atoms with E-state index in [2.05, 4.69) is 47.8 Å². The first kappa shape index (κ1) is 25.6. The molecule has 0 spiro atoms. The van der Waals surface area contributed by atoms with Crippen molar-refractivity contribution in [3.05, 3.63) is 70.9 Å². The lowest BCUT2D eigenvalue weighted by Crippen LogP contribution is -2.35. The fraction of sp³-hybridized carbons (Fsp3) is 0.355. The van der Waals surface area contributed by atoms with Crippen molar-refractivity contribution in [2.75, 3.05) is 6.61 Å². The molecule has 0 saturated heterocycles. The van der Waals surface area contributed by atoms with E-state index in [9.17, 15) is 4.79 Å². The Hall–Kier alpha value is -3.65. The van der Waals surface area contributed by atoms with Gasteiger partial charge in [-0.25, -0.2) is 0 Å². The highest BCUT2D eigenvalue weighted by Crippen LogP contribution is 2.36. The zero-order valence-electron chi connectivity index (χ0n) is 22.4. The highest BCUT2D eigenvalue weighted by molar-refractivity contribution is 8.27. The summed E-state index contributed by atoms with van der Waals surface area (Å²) in [7, 11) is 0. The van der Waals surface area contributed by atoms with E-state index in [1.54, 1.807) is 11.1 Å². The maximum atomic E-state index is 13.1. The van der Waals surface area contributed by atoms with E-state index in [-0.39, 0.29) is 17.3 Å². The van der Waals surface area contributed by atoms with Gasteiger partial charge in [-0.2, -0.15) is 15.1 Å². The molecular formula is C31H33N5O2S. The van der Waals surface area contributed by atoms with Gasteiger partial charge in [0, 0.05) is 35.1 Å². The Labute approximate surface area is 233 Å². The maximum Gasteiger partial charge on any atom is 0.283 e. The van der Waals surface area contributed by atoms with Gasteiger partial charge >= 0.3 is 0 Å². The number of amides is 1. The molecule has 3 aromatic rings. The van der Waals surface area contributed by atoms with E-state index >= 15 is 0 Å². The maximum absolute atomic E-state index is 13.1. The first-order valence-corrected chi connectivity index (χ1v) is 14.6. The number of para-hydroxylation sites is 1. The normalized spacial score (nSPS) is 19.0. The number of thioether (sulfide) groups is 1. The number of hydrogen-bond donors (Lipinski definition) is 1. The van der Waals surface area contributed by atoms with Crippen LogP contribution in [0.2, 0.25) is 0 Å². The van der Waals surface area contributed by atoms with E-state index in [0.717, 1.165) is 53.1 Å². The molecule has 1 saturated carbocycles. The van der Waals surface area contributed by atoms with Crippen LogP contribution >= 0.6 is 11.8 Å². The number of carbonyl (C=O) groups is 1. The number of aryl methyl sites for hydroxylation is 2. The van der Waals surface area contributed by atoms with Crippen LogP contribution < -0.4 is 4.74 Å². The Balaban J connectivity index is 1.21. The fourth-order valence-electron chi connectivity index (χ4n) is 5.55. The number of nitrogens with one attached hydrogen (secondary N) is 1. The molecule has 3 aliphatic rings. The van der Waals surface area contributed by atoms with E-state index in [1.165, 1.54) is 42.2 Å². The van der Waals surface area contributed by atoms with Crippen molar-refractivity contribution in [1.29, 1.82) is 5.41 Å². The molecule has 6 rings (SSSR count). The van der Waals surface area contributed by atoms with Crippen LogP contribution in [0, 0.1) is 25.2 Å². The number of amidine groups is 2. The average Bonchev–Trinajstić information content (AvgIpc) is 3.53. The Morgan fingerprint density at radius 2 is 1.92 bits per heavy atom. The van der Waals surface area contributed by atoms with Crippen LogP contribution in [-0.4, -0.2) is 38.1 Å². The van der Waals surface area contributed by atoms with Crippen molar-refractivity contribution in [2.24, 2.45) is 16.0 Å². The van der Waals surface area contributed by atoms with E-state index in [1.807, 2.05) is 24.3 Å². The van der Waals surface area contributed by atoms with Crippen LogP contribution in [0.4, 0.5) is 0 Å². The zero-order chi connectivity index (χ0) is 26.9. The summed E-state index contributed by atoms with van der Waals surface area (Å²) in [6.45, 7) is 5.57. The SMILES string of the molecule is Cc1cccc(OCCCn2cc(/C=C3\C(=N)N4N=C(C5CCCCC5)SC4=NC3=O)c3ccccc32)c1C. The van der Waals surface area contributed by atoms with Crippen molar-refractivity contribution in [1.82, 2.24) is 9.58 Å². The van der Waals surface area contributed by atoms with Gasteiger partial charge in [0.05, 0.1) is 12.2 Å². The molecule has 1 amide bonds. The summed E-state index contributed by atoms with van der Waals surface area (Å²) >= 11 is 1.46. The molecule has 2 aromatic carbocycles. The molecule has 2 aliphatic heterocycles. The number of rotatable bonds is 7. The standard InChI is InChI=1S/C31H33N5O2S/c1-20-10-8-15-27(21(20)2)38-17-9-16-35-19-23(24-13-6-7-14-26(24)35)18-25-28(32)36-31(33-29(25)37)39-30(34-36)22-11-4-3-5-12-22/h6-8,10,13-15,18-19,22,32H,3-5,9,11-12,16-17H2,1-2H3/b25-18+,32-28?. The number of fused-ring (bicyclic) bond motifs is 2. The number of hydrazone groups is 1. The van der Waals surface area contributed by atoms with Crippen molar-refractivity contribution >= 4 is 50.7 Å². The first-order chi connectivity index (χ1) is 19.0. The lowest BCUT2D eigenvalue weighted by atomic mass is 9.90. The Morgan fingerprint density at radius 3 is 2.77 bits per heavy atom. The third-order valence-electron chi connectivity index (χ3n) is 7.90. The molecule has 0 radical (unpaired) electrons. The Bertz CT molecular complexity index is 1540. The first-order valence-electron chi connectivity index (χ1n) is 13.8. The van der Waals surface area contributed by atoms with Gasteiger partial charge in [-0.15, -0.1) is 0 Å². The van der Waals surface area contributed by atoms with E-state index < -0.39 is 0 Å².